The molecule has 0 radical (unpaired) electrons. The number of carbonyl (C=O) groups is 1. The van der Waals surface area contributed by atoms with Gasteiger partial charge in [-0.1, -0.05) is 32.9 Å². The van der Waals surface area contributed by atoms with Crippen molar-refractivity contribution in [3.8, 4) is 5.75 Å². The maximum atomic E-state index is 13.7. The number of hydroxylamine groups is 2. The molecule has 4 fully saturated rings. The zero-order valence-electron chi connectivity index (χ0n) is 20.1. The minimum Gasteiger partial charge on any atom is -0.495 e. The number of halogens is 1. The molecule has 1 aliphatic heterocycles. The predicted molar refractivity (Wildman–Crippen MR) is 133 cm³/mol. The van der Waals surface area contributed by atoms with E-state index >= 15 is 0 Å². The maximum Gasteiger partial charge on any atom is 0.240 e. The third kappa shape index (κ3) is 4.42. The Bertz CT molecular complexity index is 878. The van der Waals surface area contributed by atoms with E-state index in [0.29, 0.717) is 29.7 Å². The van der Waals surface area contributed by atoms with Crippen molar-refractivity contribution in [2.24, 2.45) is 29.1 Å². The quantitative estimate of drug-likeness (QED) is 0.436. The fourth-order valence-electron chi connectivity index (χ4n) is 6.56. The first-order valence-electron chi connectivity index (χ1n) is 11.9. The van der Waals surface area contributed by atoms with Gasteiger partial charge in [0.1, 0.15) is 17.9 Å². The summed E-state index contributed by atoms with van der Waals surface area (Å²) in [7, 11) is 1.63. The van der Waals surface area contributed by atoms with Crippen LogP contribution >= 0.6 is 22.6 Å². The Labute approximate surface area is 210 Å². The van der Waals surface area contributed by atoms with Gasteiger partial charge in [0, 0.05) is 17.5 Å². The number of hydrogen-bond donors (Lipinski definition) is 3. The molecule has 5 rings (SSSR count). The molecule has 0 spiro atoms. The fourth-order valence-corrected chi connectivity index (χ4v) is 7.33. The third-order valence-electron chi connectivity index (χ3n) is 8.64. The summed E-state index contributed by atoms with van der Waals surface area (Å²) in [5, 5.41) is 25.4. The van der Waals surface area contributed by atoms with E-state index in [2.05, 4.69) is 48.7 Å². The van der Waals surface area contributed by atoms with E-state index in [-0.39, 0.29) is 18.6 Å². The summed E-state index contributed by atoms with van der Waals surface area (Å²) in [5.41, 5.74) is 1.23. The van der Waals surface area contributed by atoms with Crippen LogP contribution in [-0.2, 0) is 16.2 Å². The summed E-state index contributed by atoms with van der Waals surface area (Å²) >= 11 is 2.22. The number of para-hydroxylation sites is 1. The summed E-state index contributed by atoms with van der Waals surface area (Å²) in [4.78, 5) is 19.7. The van der Waals surface area contributed by atoms with Crippen LogP contribution in [0.15, 0.2) is 18.2 Å². The molecule has 33 heavy (non-hydrogen) atoms. The molecule has 7 nitrogen and oxygen atoms in total. The monoisotopic (exact) mass is 572 g/mol. The van der Waals surface area contributed by atoms with Crippen LogP contribution in [0.3, 0.4) is 0 Å². The highest BCUT2D eigenvalue weighted by atomic mass is 127. The average molecular weight is 572 g/mol. The van der Waals surface area contributed by atoms with Crippen LogP contribution in [0.25, 0.3) is 0 Å². The van der Waals surface area contributed by atoms with E-state index in [4.69, 9.17) is 9.57 Å². The normalized spacial score (nSPS) is 36.2. The Balaban J connectivity index is 1.57. The van der Waals surface area contributed by atoms with Crippen molar-refractivity contribution in [2.45, 2.75) is 71.4 Å². The van der Waals surface area contributed by atoms with Gasteiger partial charge in [-0.15, -0.1) is 0 Å². The van der Waals surface area contributed by atoms with Crippen molar-refractivity contribution in [3.63, 3.8) is 0 Å². The molecule has 4 aliphatic rings. The Morgan fingerprint density at radius 1 is 1.39 bits per heavy atom. The highest BCUT2D eigenvalue weighted by Gasteiger charge is 2.57. The van der Waals surface area contributed by atoms with Crippen LogP contribution in [0.1, 0.15) is 46.1 Å². The third-order valence-corrected chi connectivity index (χ3v) is 9.49. The maximum absolute atomic E-state index is 13.7. The molecule has 1 amide bonds. The number of aliphatic hydroxyl groups is 2. The van der Waals surface area contributed by atoms with Crippen molar-refractivity contribution in [1.82, 2.24) is 10.4 Å². The number of benzene rings is 1. The SMILES string of the molecule is COc1c(I)cccc1CN1O[C@@H](CO)[C@@H]([C@H](C)O)[C@H]1C(=O)N[C@H]1C[C@@H]2C[C@H]([C@@H]1C)C2(C)C. The Morgan fingerprint density at radius 3 is 2.70 bits per heavy atom. The molecule has 3 aliphatic carbocycles. The van der Waals surface area contributed by atoms with Gasteiger partial charge in [-0.2, -0.15) is 5.06 Å². The van der Waals surface area contributed by atoms with Crippen molar-refractivity contribution in [1.29, 1.82) is 0 Å². The largest absolute Gasteiger partial charge is 0.495 e. The van der Waals surface area contributed by atoms with Crippen LogP contribution < -0.4 is 10.1 Å². The number of carbonyl (C=O) groups excluding carboxylic acids is 1. The first kappa shape index (κ1) is 25.2. The van der Waals surface area contributed by atoms with Crippen LogP contribution in [0, 0.1) is 32.7 Å². The highest BCUT2D eigenvalue weighted by Crippen LogP contribution is 2.61. The second-order valence-electron chi connectivity index (χ2n) is 10.7. The minimum absolute atomic E-state index is 0.117. The Kier molecular flexibility index (Phi) is 7.32. The molecule has 1 aromatic carbocycles. The number of methoxy groups -OCH3 is 1. The van der Waals surface area contributed by atoms with Crippen LogP contribution in [-0.4, -0.2) is 59.2 Å². The molecule has 184 valence electrons. The molecule has 1 heterocycles. The Hall–Kier alpha value is -0.940. The smallest absolute Gasteiger partial charge is 0.240 e. The fraction of sp³-hybridized carbons (Fsp3) is 0.720. The Morgan fingerprint density at radius 2 is 2.12 bits per heavy atom. The molecule has 2 bridgehead atoms. The molecule has 3 N–H and O–H groups in total. The lowest BCUT2D eigenvalue weighted by Gasteiger charge is -2.62. The van der Waals surface area contributed by atoms with Crippen LogP contribution in [0.4, 0.5) is 0 Å². The van der Waals surface area contributed by atoms with Crippen LogP contribution in [0.5, 0.6) is 5.75 Å². The number of nitrogens with one attached hydrogen (secondary N) is 1. The van der Waals surface area contributed by atoms with Gasteiger partial charge in [0.15, 0.2) is 0 Å². The summed E-state index contributed by atoms with van der Waals surface area (Å²) in [6.45, 7) is 8.64. The van der Waals surface area contributed by atoms with Gasteiger partial charge in [0.05, 0.1) is 29.9 Å². The van der Waals surface area contributed by atoms with Crippen molar-refractivity contribution < 1.29 is 24.6 Å². The van der Waals surface area contributed by atoms with Gasteiger partial charge in [-0.05, 0) is 71.6 Å². The van der Waals surface area contributed by atoms with E-state index in [9.17, 15) is 15.0 Å². The molecule has 1 saturated heterocycles. The van der Waals surface area contributed by atoms with Gasteiger partial charge < -0.3 is 20.3 Å². The molecule has 0 aromatic heterocycles. The number of fused-ring (bicyclic) bond motifs is 2. The first-order chi connectivity index (χ1) is 15.6. The van der Waals surface area contributed by atoms with Gasteiger partial charge in [0.25, 0.3) is 0 Å². The number of aliphatic hydroxyl groups excluding tert-OH is 2. The van der Waals surface area contributed by atoms with E-state index < -0.39 is 24.2 Å². The van der Waals surface area contributed by atoms with Gasteiger partial charge in [-0.3, -0.25) is 9.63 Å². The molecular formula is C25H37IN2O5. The van der Waals surface area contributed by atoms with E-state index in [1.807, 2.05) is 18.2 Å². The molecule has 1 aromatic rings. The predicted octanol–water partition coefficient (Wildman–Crippen LogP) is 2.96. The molecule has 3 saturated carbocycles. The number of rotatable bonds is 7. The summed E-state index contributed by atoms with van der Waals surface area (Å²) in [6, 6.07) is 5.26. The lowest BCUT2D eigenvalue weighted by molar-refractivity contribution is -0.183. The molecule has 8 heteroatoms. The molecule has 0 unspecified atom stereocenters. The van der Waals surface area contributed by atoms with E-state index in [0.717, 1.165) is 21.3 Å². The van der Waals surface area contributed by atoms with Gasteiger partial charge in [0.2, 0.25) is 5.91 Å². The second-order valence-corrected chi connectivity index (χ2v) is 11.8. The van der Waals surface area contributed by atoms with Crippen molar-refractivity contribution in [2.75, 3.05) is 13.7 Å². The summed E-state index contributed by atoms with van der Waals surface area (Å²) in [5.74, 6) is 1.72. The summed E-state index contributed by atoms with van der Waals surface area (Å²) < 4.78 is 6.56. The zero-order chi connectivity index (χ0) is 24.1. The van der Waals surface area contributed by atoms with Crippen LogP contribution in [0.2, 0.25) is 0 Å². The summed E-state index contributed by atoms with van der Waals surface area (Å²) in [6.07, 6.45) is 0.772. The van der Waals surface area contributed by atoms with Gasteiger partial charge in [-0.25, -0.2) is 0 Å². The topological polar surface area (TPSA) is 91.3 Å². The minimum atomic E-state index is -0.808. The average Bonchev–Trinajstić information content (AvgIpc) is 3.13. The van der Waals surface area contributed by atoms with Crippen molar-refractivity contribution >= 4 is 28.5 Å². The standard InChI is InChI=1S/C25H37IN2O5/c1-13-17-9-16(25(17,3)4)10-19(13)27-24(31)22-21(14(2)30)20(12-29)33-28(22)11-15-7-6-8-18(26)23(15)32-5/h6-8,13-14,16-17,19-22,29-30H,9-12H2,1-5H3,(H,27,31)/t13-,14-,16-,17+,19-,20-,21+,22-/m0/s1. The van der Waals surface area contributed by atoms with E-state index in [1.54, 1.807) is 19.1 Å². The van der Waals surface area contributed by atoms with Gasteiger partial charge >= 0.3 is 0 Å². The first-order valence-corrected chi connectivity index (χ1v) is 13.0. The number of amides is 1. The van der Waals surface area contributed by atoms with E-state index in [1.165, 1.54) is 6.42 Å². The second kappa shape index (κ2) is 9.60. The lowest BCUT2D eigenvalue weighted by atomic mass is 9.45. The highest BCUT2D eigenvalue weighted by molar-refractivity contribution is 14.1. The number of nitrogens with zero attached hydrogens (tertiary/aromatic N) is 1. The van der Waals surface area contributed by atoms with Crippen molar-refractivity contribution in [3.05, 3.63) is 27.3 Å². The number of hydrogen-bond acceptors (Lipinski definition) is 6. The number of ether oxygens (including phenoxy) is 1. The lowest BCUT2D eigenvalue weighted by Crippen LogP contribution is -2.62. The zero-order valence-corrected chi connectivity index (χ0v) is 22.3. The molecule has 8 atom stereocenters. The molecular weight excluding hydrogens is 535 g/mol.